The van der Waals surface area contributed by atoms with Crippen LogP contribution in [0.5, 0.6) is 5.75 Å². The Kier molecular flexibility index (Phi) is 4.98. The van der Waals surface area contributed by atoms with Gasteiger partial charge in [0.05, 0.1) is 12.6 Å². The Labute approximate surface area is 132 Å². The van der Waals surface area contributed by atoms with Crippen LogP contribution in [0.15, 0.2) is 30.3 Å². The summed E-state index contributed by atoms with van der Waals surface area (Å²) in [5, 5.41) is 3.55. The van der Waals surface area contributed by atoms with E-state index in [1.807, 2.05) is 37.4 Å². The Morgan fingerprint density at radius 2 is 2.05 bits per heavy atom. The monoisotopic (exact) mass is 302 g/mol. The van der Waals surface area contributed by atoms with Crippen molar-refractivity contribution in [1.82, 2.24) is 10.2 Å². The van der Waals surface area contributed by atoms with E-state index in [0.717, 1.165) is 12.2 Å². The lowest BCUT2D eigenvalue weighted by atomic mass is 9.85. The fraction of sp³-hybridized carbons (Fsp3) is 0.611. The van der Waals surface area contributed by atoms with Gasteiger partial charge in [0.25, 0.3) is 0 Å². The summed E-state index contributed by atoms with van der Waals surface area (Å²) < 4.78 is 5.67. The third-order valence-corrected chi connectivity index (χ3v) is 4.98. The van der Waals surface area contributed by atoms with Gasteiger partial charge in [-0.05, 0) is 37.3 Å². The van der Waals surface area contributed by atoms with Gasteiger partial charge in [0.2, 0.25) is 5.91 Å². The Morgan fingerprint density at radius 1 is 1.27 bits per heavy atom. The van der Waals surface area contributed by atoms with Gasteiger partial charge < -0.3 is 15.0 Å². The maximum atomic E-state index is 12.5. The Balaban J connectivity index is 1.44. The summed E-state index contributed by atoms with van der Waals surface area (Å²) in [5.74, 6) is 1.77. The molecule has 3 unspecified atom stereocenters. The number of carbonyl (C=O) groups is 1. The van der Waals surface area contributed by atoms with Crippen LogP contribution in [0.4, 0.5) is 0 Å². The van der Waals surface area contributed by atoms with Crippen LogP contribution in [0.25, 0.3) is 0 Å². The lowest BCUT2D eigenvalue weighted by Gasteiger charge is -2.24. The standard InChI is InChI=1S/C18H26N2O2/c1-20(11-12-22-15-8-3-2-4-9-15)18(21)17-13-14-7-5-6-10-16(14)19-17/h2-4,8-9,14,16-17,19H,5-7,10-13H2,1H3. The average molecular weight is 302 g/mol. The van der Waals surface area contributed by atoms with E-state index in [2.05, 4.69) is 5.32 Å². The number of carbonyl (C=O) groups excluding carboxylic acids is 1. The van der Waals surface area contributed by atoms with Crippen LogP contribution in [0.3, 0.4) is 0 Å². The highest BCUT2D eigenvalue weighted by molar-refractivity contribution is 5.82. The number of benzene rings is 1. The van der Waals surface area contributed by atoms with Gasteiger partial charge in [-0.15, -0.1) is 0 Å². The molecule has 0 aromatic heterocycles. The zero-order valence-corrected chi connectivity index (χ0v) is 13.3. The SMILES string of the molecule is CN(CCOc1ccccc1)C(=O)C1CC2CCCCC2N1. The number of fused-ring (bicyclic) bond motifs is 1. The summed E-state index contributed by atoms with van der Waals surface area (Å²) in [4.78, 5) is 14.3. The number of hydrogen-bond donors (Lipinski definition) is 1. The maximum absolute atomic E-state index is 12.5. The van der Waals surface area contributed by atoms with E-state index in [9.17, 15) is 4.79 Å². The first-order valence-electron chi connectivity index (χ1n) is 8.43. The summed E-state index contributed by atoms with van der Waals surface area (Å²) in [6.07, 6.45) is 6.14. The largest absolute Gasteiger partial charge is 0.492 e. The minimum Gasteiger partial charge on any atom is -0.492 e. The molecule has 1 aromatic rings. The summed E-state index contributed by atoms with van der Waals surface area (Å²) in [5.41, 5.74) is 0. The Bertz CT molecular complexity index is 477. The molecule has 22 heavy (non-hydrogen) atoms. The third kappa shape index (κ3) is 3.61. The number of rotatable bonds is 5. The lowest BCUT2D eigenvalue weighted by Crippen LogP contribution is -2.45. The second-order valence-electron chi connectivity index (χ2n) is 6.53. The molecule has 2 fully saturated rings. The molecule has 4 heteroatoms. The van der Waals surface area contributed by atoms with Crippen molar-refractivity contribution in [2.75, 3.05) is 20.2 Å². The van der Waals surface area contributed by atoms with Gasteiger partial charge in [0, 0.05) is 13.1 Å². The molecule has 1 aliphatic carbocycles. The predicted octanol–water partition coefficient (Wildman–Crippen LogP) is 2.44. The van der Waals surface area contributed by atoms with Crippen molar-refractivity contribution < 1.29 is 9.53 Å². The predicted molar refractivity (Wildman–Crippen MR) is 86.9 cm³/mol. The average Bonchev–Trinajstić information content (AvgIpc) is 2.99. The smallest absolute Gasteiger partial charge is 0.239 e. The van der Waals surface area contributed by atoms with E-state index < -0.39 is 0 Å². The van der Waals surface area contributed by atoms with E-state index in [1.165, 1.54) is 25.7 Å². The first kappa shape index (κ1) is 15.3. The normalized spacial score (nSPS) is 27.2. The second kappa shape index (κ2) is 7.14. The molecule has 1 amide bonds. The van der Waals surface area contributed by atoms with Crippen molar-refractivity contribution in [2.24, 2.45) is 5.92 Å². The summed E-state index contributed by atoms with van der Waals surface area (Å²) in [6.45, 7) is 1.16. The molecule has 1 saturated heterocycles. The molecule has 120 valence electrons. The second-order valence-corrected chi connectivity index (χ2v) is 6.53. The number of nitrogens with zero attached hydrogens (tertiary/aromatic N) is 1. The maximum Gasteiger partial charge on any atom is 0.239 e. The van der Waals surface area contributed by atoms with Gasteiger partial charge in [0.1, 0.15) is 12.4 Å². The van der Waals surface area contributed by atoms with Gasteiger partial charge >= 0.3 is 0 Å². The van der Waals surface area contributed by atoms with Crippen LogP contribution in [-0.4, -0.2) is 43.1 Å². The topological polar surface area (TPSA) is 41.6 Å². The highest BCUT2D eigenvalue weighted by atomic mass is 16.5. The van der Waals surface area contributed by atoms with E-state index >= 15 is 0 Å². The van der Waals surface area contributed by atoms with Gasteiger partial charge in [-0.2, -0.15) is 0 Å². The molecule has 0 bridgehead atoms. The van der Waals surface area contributed by atoms with Crippen molar-refractivity contribution >= 4 is 5.91 Å². The molecule has 1 aromatic carbocycles. The minimum atomic E-state index is 0.00910. The molecule has 1 aliphatic heterocycles. The number of para-hydroxylation sites is 1. The zero-order valence-electron chi connectivity index (χ0n) is 13.3. The van der Waals surface area contributed by atoms with Crippen molar-refractivity contribution in [2.45, 2.75) is 44.2 Å². The van der Waals surface area contributed by atoms with Crippen LogP contribution in [0, 0.1) is 5.92 Å². The van der Waals surface area contributed by atoms with Crippen molar-refractivity contribution in [3.05, 3.63) is 30.3 Å². The molecule has 3 rings (SSSR count). The first-order valence-corrected chi connectivity index (χ1v) is 8.43. The quantitative estimate of drug-likeness (QED) is 0.908. The molecular weight excluding hydrogens is 276 g/mol. The van der Waals surface area contributed by atoms with Crippen LogP contribution in [-0.2, 0) is 4.79 Å². The fourth-order valence-electron chi connectivity index (χ4n) is 3.70. The summed E-state index contributed by atoms with van der Waals surface area (Å²) in [6, 6.07) is 10.3. The van der Waals surface area contributed by atoms with E-state index in [4.69, 9.17) is 4.74 Å². The minimum absolute atomic E-state index is 0.00910. The number of ether oxygens (including phenoxy) is 1. The van der Waals surface area contributed by atoms with Gasteiger partial charge in [-0.1, -0.05) is 31.0 Å². The molecule has 1 saturated carbocycles. The van der Waals surface area contributed by atoms with E-state index in [1.54, 1.807) is 4.90 Å². The number of hydrogen-bond acceptors (Lipinski definition) is 3. The van der Waals surface area contributed by atoms with Crippen LogP contribution in [0.1, 0.15) is 32.1 Å². The number of amides is 1. The fourth-order valence-corrected chi connectivity index (χ4v) is 3.70. The molecule has 1 N–H and O–H groups in total. The van der Waals surface area contributed by atoms with Crippen LogP contribution < -0.4 is 10.1 Å². The Hall–Kier alpha value is -1.55. The summed E-state index contributed by atoms with van der Waals surface area (Å²) >= 11 is 0. The Morgan fingerprint density at radius 3 is 2.82 bits per heavy atom. The number of likely N-dealkylation sites (N-methyl/N-ethyl adjacent to an activating group) is 1. The number of nitrogens with one attached hydrogen (secondary N) is 1. The van der Waals surface area contributed by atoms with Crippen molar-refractivity contribution in [1.29, 1.82) is 0 Å². The van der Waals surface area contributed by atoms with Crippen LogP contribution in [0.2, 0.25) is 0 Å². The van der Waals surface area contributed by atoms with Crippen molar-refractivity contribution in [3.63, 3.8) is 0 Å². The molecule has 0 spiro atoms. The lowest BCUT2D eigenvalue weighted by molar-refractivity contribution is -0.132. The summed E-state index contributed by atoms with van der Waals surface area (Å²) in [7, 11) is 1.88. The third-order valence-electron chi connectivity index (χ3n) is 4.98. The van der Waals surface area contributed by atoms with E-state index in [-0.39, 0.29) is 11.9 Å². The molecule has 4 nitrogen and oxygen atoms in total. The van der Waals surface area contributed by atoms with Crippen LogP contribution >= 0.6 is 0 Å². The van der Waals surface area contributed by atoms with E-state index in [0.29, 0.717) is 25.1 Å². The van der Waals surface area contributed by atoms with Gasteiger partial charge in [-0.25, -0.2) is 0 Å². The molecular formula is C18H26N2O2. The molecule has 0 radical (unpaired) electrons. The van der Waals surface area contributed by atoms with Crippen molar-refractivity contribution in [3.8, 4) is 5.75 Å². The van der Waals surface area contributed by atoms with Gasteiger partial charge in [0.15, 0.2) is 0 Å². The molecule has 3 atom stereocenters. The first-order chi connectivity index (χ1) is 10.7. The van der Waals surface area contributed by atoms with Gasteiger partial charge in [-0.3, -0.25) is 4.79 Å². The zero-order chi connectivity index (χ0) is 15.4. The highest BCUT2D eigenvalue weighted by Crippen LogP contribution is 2.33. The molecule has 2 aliphatic rings. The molecule has 1 heterocycles. The highest BCUT2D eigenvalue weighted by Gasteiger charge is 2.38.